The summed E-state index contributed by atoms with van der Waals surface area (Å²) < 4.78 is 13.5. The molecule has 1 aromatic heterocycles. The fourth-order valence-corrected chi connectivity index (χ4v) is 3.19. The average Bonchev–Trinajstić information content (AvgIpc) is 2.83. The Morgan fingerprint density at radius 1 is 0.966 bits per heavy atom. The van der Waals surface area contributed by atoms with Crippen LogP contribution in [-0.4, -0.2) is 35.8 Å². The van der Waals surface area contributed by atoms with Crippen LogP contribution < -0.4 is 10.6 Å². The molecule has 29 heavy (non-hydrogen) atoms. The van der Waals surface area contributed by atoms with Gasteiger partial charge in [0.1, 0.15) is 0 Å². The van der Waals surface area contributed by atoms with E-state index in [0.717, 1.165) is 16.8 Å². The lowest BCUT2D eigenvalue weighted by Crippen LogP contribution is -2.23. The van der Waals surface area contributed by atoms with Gasteiger partial charge in [-0.25, -0.2) is 4.98 Å². The van der Waals surface area contributed by atoms with Gasteiger partial charge in [-0.05, 0) is 47.0 Å². The zero-order valence-corrected chi connectivity index (χ0v) is 16.0. The Morgan fingerprint density at radius 2 is 1.76 bits per heavy atom. The maximum absolute atomic E-state index is 13.5. The predicted molar refractivity (Wildman–Crippen MR) is 110 cm³/mol. The third-order valence-corrected chi connectivity index (χ3v) is 4.78. The van der Waals surface area contributed by atoms with Gasteiger partial charge in [-0.2, -0.15) is 4.39 Å². The molecule has 1 aliphatic heterocycles. The van der Waals surface area contributed by atoms with Gasteiger partial charge in [0.25, 0.3) is 5.91 Å². The molecule has 6 nitrogen and oxygen atoms in total. The molecule has 0 radical (unpaired) electrons. The minimum atomic E-state index is -0.562. The van der Waals surface area contributed by atoms with Gasteiger partial charge in [-0.3, -0.25) is 9.59 Å². The number of amides is 2. The van der Waals surface area contributed by atoms with Crippen LogP contribution in [0.5, 0.6) is 0 Å². The van der Waals surface area contributed by atoms with E-state index in [1.165, 1.54) is 17.2 Å². The number of nitrogens with zero attached hydrogens (tertiary/aromatic N) is 2. The van der Waals surface area contributed by atoms with Crippen LogP contribution in [0, 0.1) is 5.95 Å². The summed E-state index contributed by atoms with van der Waals surface area (Å²) >= 11 is 0. The van der Waals surface area contributed by atoms with E-state index < -0.39 is 5.95 Å². The zero-order valence-electron chi connectivity index (χ0n) is 16.0. The Hall–Kier alpha value is -3.74. The fourth-order valence-electron chi connectivity index (χ4n) is 3.19. The minimum absolute atomic E-state index is 0.0182. The molecule has 0 spiro atoms. The number of rotatable bonds is 3. The Balaban J connectivity index is 1.69. The third kappa shape index (κ3) is 3.80. The second-order valence-corrected chi connectivity index (χ2v) is 7.05. The summed E-state index contributed by atoms with van der Waals surface area (Å²) in [5, 5.41) is 6.17. The highest BCUT2D eigenvalue weighted by Gasteiger charge is 2.20. The van der Waals surface area contributed by atoms with E-state index in [2.05, 4.69) is 15.6 Å². The van der Waals surface area contributed by atoms with Crippen molar-refractivity contribution in [2.24, 2.45) is 0 Å². The lowest BCUT2D eigenvalue weighted by Gasteiger charge is -2.13. The van der Waals surface area contributed by atoms with E-state index in [1.807, 2.05) is 18.2 Å². The van der Waals surface area contributed by atoms with Gasteiger partial charge in [-0.15, -0.1) is 0 Å². The molecule has 0 saturated carbocycles. The first-order valence-corrected chi connectivity index (χ1v) is 9.08. The van der Waals surface area contributed by atoms with Crippen molar-refractivity contribution in [2.75, 3.05) is 24.7 Å². The molecule has 3 aromatic rings. The number of carbonyl (C=O) groups excluding carboxylic acids is 2. The van der Waals surface area contributed by atoms with Crippen molar-refractivity contribution in [3.05, 3.63) is 71.8 Å². The minimum Gasteiger partial charge on any atom is -0.353 e. The summed E-state index contributed by atoms with van der Waals surface area (Å²) in [5.41, 5.74) is 4.66. The van der Waals surface area contributed by atoms with E-state index >= 15 is 0 Å². The molecule has 0 saturated heterocycles. The first-order chi connectivity index (χ1) is 13.9. The molecular formula is C22H19FN4O2. The molecule has 0 aliphatic carbocycles. The van der Waals surface area contributed by atoms with Crippen LogP contribution in [-0.2, 0) is 11.2 Å². The largest absolute Gasteiger partial charge is 0.353 e. The Labute approximate surface area is 167 Å². The number of carbonyl (C=O) groups is 2. The maximum atomic E-state index is 13.5. The quantitative estimate of drug-likeness (QED) is 0.667. The molecule has 0 unspecified atom stereocenters. The van der Waals surface area contributed by atoms with Gasteiger partial charge in [0.15, 0.2) is 0 Å². The molecule has 4 rings (SSSR count). The molecule has 2 amide bonds. The first-order valence-electron chi connectivity index (χ1n) is 9.08. The van der Waals surface area contributed by atoms with Crippen LogP contribution in [0.4, 0.5) is 21.5 Å². The summed E-state index contributed by atoms with van der Waals surface area (Å²) in [6, 6.07) is 13.8. The van der Waals surface area contributed by atoms with Crippen LogP contribution >= 0.6 is 0 Å². The average molecular weight is 390 g/mol. The highest BCUT2D eigenvalue weighted by molar-refractivity contribution is 6.12. The topological polar surface area (TPSA) is 74.3 Å². The number of benzene rings is 2. The highest BCUT2D eigenvalue weighted by atomic mass is 19.1. The van der Waals surface area contributed by atoms with E-state index in [9.17, 15) is 14.0 Å². The summed E-state index contributed by atoms with van der Waals surface area (Å²) in [5.74, 6) is -0.835. The van der Waals surface area contributed by atoms with E-state index in [4.69, 9.17) is 0 Å². The van der Waals surface area contributed by atoms with Crippen molar-refractivity contribution in [3.8, 4) is 11.1 Å². The van der Waals surface area contributed by atoms with Crippen LogP contribution in [0.15, 0.2) is 54.7 Å². The van der Waals surface area contributed by atoms with E-state index in [0.29, 0.717) is 22.5 Å². The van der Waals surface area contributed by atoms with Gasteiger partial charge in [0.05, 0.1) is 29.0 Å². The van der Waals surface area contributed by atoms with Crippen molar-refractivity contribution in [1.82, 2.24) is 9.88 Å². The lowest BCUT2D eigenvalue weighted by atomic mass is 10.0. The van der Waals surface area contributed by atoms with Crippen molar-refractivity contribution in [3.63, 3.8) is 0 Å². The van der Waals surface area contributed by atoms with Gasteiger partial charge in [0.2, 0.25) is 11.9 Å². The molecule has 146 valence electrons. The van der Waals surface area contributed by atoms with E-state index in [1.54, 1.807) is 38.4 Å². The molecule has 0 bridgehead atoms. The number of anilines is 3. The molecule has 7 heteroatoms. The van der Waals surface area contributed by atoms with Gasteiger partial charge < -0.3 is 15.5 Å². The standard InChI is InChI=1S/C22H19FN4O2/c1-27(2)21(28)10-13-3-6-17-19(9-13)26-22(29)16-5-4-14(11-18(16)25-17)15-7-8-24-20(23)12-15/h3-9,11-12,25H,10H2,1-2H3,(H,26,29). The predicted octanol–water partition coefficient (Wildman–Crippen LogP) is 3.83. The molecule has 1 aliphatic rings. The van der Waals surface area contributed by atoms with Crippen LogP contribution in [0.2, 0.25) is 0 Å². The second-order valence-electron chi connectivity index (χ2n) is 7.05. The lowest BCUT2D eigenvalue weighted by molar-refractivity contribution is -0.127. The van der Waals surface area contributed by atoms with Gasteiger partial charge in [0, 0.05) is 26.4 Å². The molecule has 2 aromatic carbocycles. The molecule has 2 heterocycles. The summed E-state index contributed by atoms with van der Waals surface area (Å²) in [6.45, 7) is 0. The highest BCUT2D eigenvalue weighted by Crippen LogP contribution is 2.35. The smallest absolute Gasteiger partial charge is 0.257 e. The SMILES string of the molecule is CN(C)C(=O)Cc1ccc2c(c1)NC(=O)c1ccc(-c3ccnc(F)c3)cc1N2. The van der Waals surface area contributed by atoms with Crippen LogP contribution in [0.1, 0.15) is 15.9 Å². The van der Waals surface area contributed by atoms with Crippen molar-refractivity contribution in [2.45, 2.75) is 6.42 Å². The van der Waals surface area contributed by atoms with Gasteiger partial charge >= 0.3 is 0 Å². The second kappa shape index (κ2) is 7.35. The molecule has 0 atom stereocenters. The van der Waals surface area contributed by atoms with Gasteiger partial charge in [-0.1, -0.05) is 12.1 Å². The summed E-state index contributed by atoms with van der Waals surface area (Å²) in [4.78, 5) is 29.8. The van der Waals surface area contributed by atoms with Crippen LogP contribution in [0.3, 0.4) is 0 Å². The fraction of sp³-hybridized carbons (Fsp3) is 0.136. The van der Waals surface area contributed by atoms with Crippen molar-refractivity contribution in [1.29, 1.82) is 0 Å². The number of aromatic nitrogens is 1. The number of likely N-dealkylation sites (N-methyl/N-ethyl adjacent to an activating group) is 1. The van der Waals surface area contributed by atoms with Crippen molar-refractivity contribution < 1.29 is 14.0 Å². The third-order valence-electron chi connectivity index (χ3n) is 4.78. The Kier molecular flexibility index (Phi) is 4.72. The number of pyridine rings is 1. The first kappa shape index (κ1) is 18.6. The Bertz CT molecular complexity index is 1130. The number of halogens is 1. The monoisotopic (exact) mass is 390 g/mol. The molecule has 0 fully saturated rings. The summed E-state index contributed by atoms with van der Waals surface area (Å²) in [6.07, 6.45) is 1.66. The maximum Gasteiger partial charge on any atom is 0.257 e. The number of hydrogen-bond donors (Lipinski definition) is 2. The number of nitrogens with one attached hydrogen (secondary N) is 2. The molecular weight excluding hydrogens is 371 g/mol. The zero-order chi connectivity index (χ0) is 20.5. The van der Waals surface area contributed by atoms with Crippen molar-refractivity contribution >= 4 is 28.9 Å². The summed E-state index contributed by atoms with van der Waals surface area (Å²) in [7, 11) is 3.41. The van der Waals surface area contributed by atoms with E-state index in [-0.39, 0.29) is 18.2 Å². The van der Waals surface area contributed by atoms with Crippen LogP contribution in [0.25, 0.3) is 11.1 Å². The normalized spacial score (nSPS) is 12.2. The number of hydrogen-bond acceptors (Lipinski definition) is 4. The molecule has 2 N–H and O–H groups in total. The Morgan fingerprint density at radius 3 is 2.52 bits per heavy atom. The number of fused-ring (bicyclic) bond motifs is 2.